The Morgan fingerprint density at radius 2 is 1.71 bits per heavy atom. The average molecular weight is 234 g/mol. The van der Waals surface area contributed by atoms with Crippen LogP contribution in [0.5, 0.6) is 0 Å². The fourth-order valence-electron chi connectivity index (χ4n) is 1.32. The van der Waals surface area contributed by atoms with Crippen LogP contribution >= 0.6 is 0 Å². The first-order valence-electron chi connectivity index (χ1n) is 5.18. The molecule has 0 fully saturated rings. The van der Waals surface area contributed by atoms with E-state index in [1.54, 1.807) is 24.3 Å². The topological polar surface area (TPSA) is 89.3 Å². The number of primary amides is 1. The van der Waals surface area contributed by atoms with Gasteiger partial charge in [-0.2, -0.15) is 0 Å². The maximum atomic E-state index is 11.6. The third-order valence-electron chi connectivity index (χ3n) is 2.13. The van der Waals surface area contributed by atoms with Gasteiger partial charge in [0.25, 0.3) is 0 Å². The highest BCUT2D eigenvalue weighted by atomic mass is 16.2. The fourth-order valence-corrected chi connectivity index (χ4v) is 1.32. The Morgan fingerprint density at radius 1 is 1.12 bits per heavy atom. The van der Waals surface area contributed by atoms with Gasteiger partial charge in [0.2, 0.25) is 11.8 Å². The van der Waals surface area contributed by atoms with Crippen LogP contribution in [0.1, 0.15) is 30.1 Å². The maximum absolute atomic E-state index is 11.6. The zero-order valence-electron chi connectivity index (χ0n) is 9.53. The minimum absolute atomic E-state index is 0.0479. The van der Waals surface area contributed by atoms with E-state index >= 15 is 0 Å². The third kappa shape index (κ3) is 4.46. The molecule has 5 heteroatoms. The van der Waals surface area contributed by atoms with E-state index in [0.29, 0.717) is 11.3 Å². The van der Waals surface area contributed by atoms with E-state index in [-0.39, 0.29) is 24.5 Å². The summed E-state index contributed by atoms with van der Waals surface area (Å²) in [6, 6.07) is 6.49. The number of ketones is 1. The maximum Gasteiger partial charge on any atom is 0.221 e. The van der Waals surface area contributed by atoms with Gasteiger partial charge in [-0.1, -0.05) is 0 Å². The van der Waals surface area contributed by atoms with Gasteiger partial charge in [0.05, 0.1) is 0 Å². The number of hydrogen-bond acceptors (Lipinski definition) is 3. The van der Waals surface area contributed by atoms with E-state index in [4.69, 9.17) is 5.73 Å². The summed E-state index contributed by atoms with van der Waals surface area (Å²) in [5, 5.41) is 2.60. The number of nitrogens with two attached hydrogens (primary N) is 1. The highest BCUT2D eigenvalue weighted by Crippen LogP contribution is 2.11. The minimum atomic E-state index is -0.492. The van der Waals surface area contributed by atoms with Gasteiger partial charge in [0.15, 0.2) is 5.78 Å². The Morgan fingerprint density at radius 3 is 2.18 bits per heavy atom. The molecule has 0 aliphatic carbocycles. The Hall–Kier alpha value is -2.17. The lowest BCUT2D eigenvalue weighted by atomic mass is 10.1. The molecular weight excluding hydrogens is 220 g/mol. The highest BCUT2D eigenvalue weighted by molar-refractivity contribution is 5.98. The molecule has 0 aliphatic rings. The van der Waals surface area contributed by atoms with Crippen LogP contribution in [-0.4, -0.2) is 17.6 Å². The van der Waals surface area contributed by atoms with Crippen LogP contribution in [0.15, 0.2) is 24.3 Å². The quantitative estimate of drug-likeness (QED) is 0.747. The monoisotopic (exact) mass is 234 g/mol. The minimum Gasteiger partial charge on any atom is -0.370 e. The average Bonchev–Trinajstić information content (AvgIpc) is 2.26. The second kappa shape index (κ2) is 5.79. The zero-order valence-corrected chi connectivity index (χ0v) is 9.53. The molecule has 1 aromatic rings. The van der Waals surface area contributed by atoms with Crippen LogP contribution < -0.4 is 11.1 Å². The molecule has 0 heterocycles. The number of anilines is 1. The van der Waals surface area contributed by atoms with Crippen LogP contribution in [0.3, 0.4) is 0 Å². The smallest absolute Gasteiger partial charge is 0.221 e. The Bertz CT molecular complexity index is 438. The van der Waals surface area contributed by atoms with Gasteiger partial charge in [0, 0.05) is 31.0 Å². The molecule has 0 unspecified atom stereocenters. The number of carbonyl (C=O) groups is 3. The number of hydrogen-bond donors (Lipinski definition) is 2. The summed E-state index contributed by atoms with van der Waals surface area (Å²) in [5.41, 5.74) is 6.09. The lowest BCUT2D eigenvalue weighted by Crippen LogP contribution is -2.12. The summed E-state index contributed by atoms with van der Waals surface area (Å²) < 4.78 is 0. The SMILES string of the molecule is CC(=O)Nc1ccc(C(=O)CCC(N)=O)cc1. The summed E-state index contributed by atoms with van der Waals surface area (Å²) in [6.07, 6.45) is 0.154. The summed E-state index contributed by atoms with van der Waals surface area (Å²) in [7, 11) is 0. The van der Waals surface area contributed by atoms with Gasteiger partial charge >= 0.3 is 0 Å². The van der Waals surface area contributed by atoms with Crippen LogP contribution in [-0.2, 0) is 9.59 Å². The molecule has 0 radical (unpaired) electrons. The molecule has 0 aliphatic heterocycles. The predicted octanol–water partition coefficient (Wildman–Crippen LogP) is 1.09. The number of nitrogens with one attached hydrogen (secondary N) is 1. The second-order valence-electron chi connectivity index (χ2n) is 3.65. The van der Waals surface area contributed by atoms with E-state index in [2.05, 4.69) is 5.32 Å². The highest BCUT2D eigenvalue weighted by Gasteiger charge is 2.07. The van der Waals surface area contributed by atoms with Crippen LogP contribution in [0.4, 0.5) is 5.69 Å². The number of Topliss-reactive ketones (excluding diaryl/α,β-unsaturated/α-hetero) is 1. The van der Waals surface area contributed by atoms with Crippen molar-refractivity contribution in [2.24, 2.45) is 5.73 Å². The summed E-state index contributed by atoms with van der Waals surface area (Å²) in [6.45, 7) is 1.41. The largest absolute Gasteiger partial charge is 0.370 e. The van der Waals surface area contributed by atoms with Gasteiger partial charge < -0.3 is 11.1 Å². The van der Waals surface area contributed by atoms with Crippen molar-refractivity contribution in [2.75, 3.05) is 5.32 Å². The molecule has 0 spiro atoms. The molecule has 1 aromatic carbocycles. The standard InChI is InChI=1S/C12H14N2O3/c1-8(15)14-10-4-2-9(3-5-10)11(16)6-7-12(13)17/h2-5H,6-7H2,1H3,(H2,13,17)(H,14,15). The molecular formula is C12H14N2O3. The van der Waals surface area contributed by atoms with E-state index in [9.17, 15) is 14.4 Å². The van der Waals surface area contributed by atoms with Gasteiger partial charge in [0.1, 0.15) is 0 Å². The van der Waals surface area contributed by atoms with E-state index in [0.717, 1.165) is 0 Å². The first-order chi connectivity index (χ1) is 7.99. The number of amides is 2. The van der Waals surface area contributed by atoms with Crippen molar-refractivity contribution in [3.8, 4) is 0 Å². The molecule has 0 aromatic heterocycles. The van der Waals surface area contributed by atoms with Crippen molar-refractivity contribution in [1.29, 1.82) is 0 Å². The third-order valence-corrected chi connectivity index (χ3v) is 2.13. The molecule has 3 N–H and O–H groups in total. The van der Waals surface area contributed by atoms with E-state index in [1.807, 2.05) is 0 Å². The number of rotatable bonds is 5. The first kappa shape index (κ1) is 12.9. The second-order valence-corrected chi connectivity index (χ2v) is 3.65. The molecule has 0 atom stereocenters. The lowest BCUT2D eigenvalue weighted by Gasteiger charge is -2.03. The Kier molecular flexibility index (Phi) is 4.39. The van der Waals surface area contributed by atoms with Crippen LogP contribution in [0, 0.1) is 0 Å². The molecule has 90 valence electrons. The molecule has 1 rings (SSSR count). The van der Waals surface area contributed by atoms with Crippen molar-refractivity contribution >= 4 is 23.3 Å². The van der Waals surface area contributed by atoms with E-state index in [1.165, 1.54) is 6.92 Å². The van der Waals surface area contributed by atoms with Gasteiger partial charge in [-0.15, -0.1) is 0 Å². The molecule has 0 saturated carbocycles. The van der Waals surface area contributed by atoms with Gasteiger partial charge in [-0.25, -0.2) is 0 Å². The normalized spacial score (nSPS) is 9.71. The number of carbonyl (C=O) groups excluding carboxylic acids is 3. The van der Waals surface area contributed by atoms with Crippen molar-refractivity contribution in [2.45, 2.75) is 19.8 Å². The lowest BCUT2D eigenvalue weighted by molar-refractivity contribution is -0.118. The van der Waals surface area contributed by atoms with Gasteiger partial charge in [-0.05, 0) is 24.3 Å². The number of benzene rings is 1. The van der Waals surface area contributed by atoms with Crippen molar-refractivity contribution in [3.05, 3.63) is 29.8 Å². The molecule has 2 amide bonds. The molecule has 17 heavy (non-hydrogen) atoms. The molecule has 0 bridgehead atoms. The van der Waals surface area contributed by atoms with Crippen molar-refractivity contribution in [1.82, 2.24) is 0 Å². The van der Waals surface area contributed by atoms with Gasteiger partial charge in [-0.3, -0.25) is 14.4 Å². The molecule has 5 nitrogen and oxygen atoms in total. The van der Waals surface area contributed by atoms with Crippen LogP contribution in [0.2, 0.25) is 0 Å². The Balaban J connectivity index is 2.63. The first-order valence-corrected chi connectivity index (χ1v) is 5.18. The fraction of sp³-hybridized carbons (Fsp3) is 0.250. The predicted molar refractivity (Wildman–Crippen MR) is 63.5 cm³/mol. The molecule has 0 saturated heterocycles. The summed E-state index contributed by atoms with van der Waals surface area (Å²) in [5.74, 6) is -0.802. The van der Waals surface area contributed by atoms with E-state index < -0.39 is 5.91 Å². The van der Waals surface area contributed by atoms with Crippen molar-refractivity contribution < 1.29 is 14.4 Å². The Labute approximate surface area is 99.0 Å². The summed E-state index contributed by atoms with van der Waals surface area (Å²) >= 11 is 0. The van der Waals surface area contributed by atoms with Crippen LogP contribution in [0.25, 0.3) is 0 Å². The zero-order chi connectivity index (χ0) is 12.8. The van der Waals surface area contributed by atoms with Crippen molar-refractivity contribution in [3.63, 3.8) is 0 Å². The summed E-state index contributed by atoms with van der Waals surface area (Å²) in [4.78, 5) is 32.9.